The van der Waals surface area contributed by atoms with Gasteiger partial charge in [-0.2, -0.15) is 5.26 Å². The average Bonchev–Trinajstić information content (AvgIpc) is 3.53. The highest BCUT2D eigenvalue weighted by molar-refractivity contribution is 5.95. The molecule has 0 saturated heterocycles. The lowest BCUT2D eigenvalue weighted by Crippen LogP contribution is -2.28. The third-order valence-electron chi connectivity index (χ3n) is 10.0. The summed E-state index contributed by atoms with van der Waals surface area (Å²) in [6.07, 6.45) is 0. The molecule has 0 saturated carbocycles. The second kappa shape index (κ2) is 12.5. The first-order valence-corrected chi connectivity index (χ1v) is 17.1. The second-order valence-electron chi connectivity index (χ2n) is 12.9. The summed E-state index contributed by atoms with van der Waals surface area (Å²) in [7, 11) is 0. The number of nitriles is 1. The van der Waals surface area contributed by atoms with E-state index >= 15 is 0 Å². The smallest absolute Gasteiger partial charge is 0.160 e. The number of benzene rings is 7. The van der Waals surface area contributed by atoms with Crippen molar-refractivity contribution in [2.24, 2.45) is 0 Å². The first kappa shape index (κ1) is 30.2. The van der Waals surface area contributed by atoms with Crippen LogP contribution < -0.4 is 0 Å². The van der Waals surface area contributed by atoms with Crippen LogP contribution in [0.4, 0.5) is 0 Å². The Kier molecular flexibility index (Phi) is 7.42. The van der Waals surface area contributed by atoms with E-state index in [1.54, 1.807) is 0 Å². The van der Waals surface area contributed by atoms with Crippen LogP contribution in [0.25, 0.3) is 56.2 Å². The van der Waals surface area contributed by atoms with Gasteiger partial charge in [-0.25, -0.2) is 9.97 Å². The fourth-order valence-electron chi connectivity index (χ4n) is 7.76. The van der Waals surface area contributed by atoms with Gasteiger partial charge in [0.05, 0.1) is 28.4 Å². The van der Waals surface area contributed by atoms with Gasteiger partial charge in [0.1, 0.15) is 0 Å². The van der Waals surface area contributed by atoms with Crippen LogP contribution in [0, 0.1) is 11.3 Å². The van der Waals surface area contributed by atoms with Crippen molar-refractivity contribution >= 4 is 0 Å². The Morgan fingerprint density at radius 1 is 0.412 bits per heavy atom. The zero-order valence-corrected chi connectivity index (χ0v) is 27.7. The molecular weight excluding hydrogens is 619 g/mol. The monoisotopic (exact) mass is 649 g/mol. The summed E-state index contributed by atoms with van der Waals surface area (Å²) in [5, 5.41) is 9.43. The van der Waals surface area contributed by atoms with Crippen molar-refractivity contribution in [3.05, 3.63) is 216 Å². The Labute approximate surface area is 297 Å². The third-order valence-corrected chi connectivity index (χ3v) is 10.0. The molecule has 0 N–H and O–H groups in total. The quantitative estimate of drug-likeness (QED) is 0.180. The molecule has 1 aromatic heterocycles. The van der Waals surface area contributed by atoms with Crippen LogP contribution in [-0.2, 0) is 5.41 Å². The van der Waals surface area contributed by atoms with Crippen LogP contribution in [0.1, 0.15) is 27.8 Å². The second-order valence-corrected chi connectivity index (χ2v) is 12.9. The standard InChI is InChI=1S/C48H31N3/c49-32-33-14-12-17-37(30-33)34-26-28-35(29-27-34)44-31-45(51-47(50-44)36-15-4-1-5-16-36)41-23-13-25-43-46(41)40-22-10-11-24-42(40)48(43,38-18-6-2-7-19-38)39-20-8-3-9-21-39/h1-31H. The van der Waals surface area contributed by atoms with E-state index in [9.17, 15) is 5.26 Å². The molecule has 238 valence electrons. The zero-order valence-electron chi connectivity index (χ0n) is 27.7. The number of aromatic nitrogens is 2. The maximum absolute atomic E-state index is 9.43. The van der Waals surface area contributed by atoms with Gasteiger partial charge in [0, 0.05) is 16.7 Å². The summed E-state index contributed by atoms with van der Waals surface area (Å²) in [6, 6.07) is 67.9. The van der Waals surface area contributed by atoms with Gasteiger partial charge in [-0.1, -0.05) is 170 Å². The summed E-state index contributed by atoms with van der Waals surface area (Å²) in [4.78, 5) is 10.4. The minimum atomic E-state index is -0.499. The van der Waals surface area contributed by atoms with Crippen LogP contribution in [-0.4, -0.2) is 9.97 Å². The molecule has 3 nitrogen and oxygen atoms in total. The van der Waals surface area contributed by atoms with Crippen LogP contribution in [0.3, 0.4) is 0 Å². The largest absolute Gasteiger partial charge is 0.228 e. The van der Waals surface area contributed by atoms with Crippen LogP contribution in [0.15, 0.2) is 188 Å². The SMILES string of the molecule is N#Cc1cccc(-c2ccc(-c3cc(-c4cccc5c4-c4ccccc4C5(c4ccccc4)c4ccccc4)nc(-c4ccccc4)n3)cc2)c1. The summed E-state index contributed by atoms with van der Waals surface area (Å²) in [6.45, 7) is 0. The van der Waals surface area contributed by atoms with Gasteiger partial charge < -0.3 is 0 Å². The molecule has 0 radical (unpaired) electrons. The predicted octanol–water partition coefficient (Wildman–Crippen LogP) is 11.4. The minimum absolute atomic E-state index is 0.499. The molecule has 7 aromatic carbocycles. The molecule has 51 heavy (non-hydrogen) atoms. The molecule has 1 aliphatic carbocycles. The predicted molar refractivity (Wildman–Crippen MR) is 206 cm³/mol. The van der Waals surface area contributed by atoms with E-state index in [0.717, 1.165) is 39.2 Å². The van der Waals surface area contributed by atoms with Crippen molar-refractivity contribution < 1.29 is 0 Å². The first-order chi connectivity index (χ1) is 25.2. The maximum Gasteiger partial charge on any atom is 0.160 e. The molecule has 3 heteroatoms. The first-order valence-electron chi connectivity index (χ1n) is 17.1. The van der Waals surface area contributed by atoms with Crippen LogP contribution >= 0.6 is 0 Å². The Morgan fingerprint density at radius 3 is 1.67 bits per heavy atom. The molecule has 1 heterocycles. The highest BCUT2D eigenvalue weighted by Gasteiger charge is 2.46. The number of fused-ring (bicyclic) bond motifs is 3. The molecule has 0 aliphatic heterocycles. The molecule has 0 bridgehead atoms. The summed E-state index contributed by atoms with van der Waals surface area (Å²) in [5.41, 5.74) is 14.3. The molecule has 0 atom stereocenters. The van der Waals surface area contributed by atoms with Crippen molar-refractivity contribution in [2.45, 2.75) is 5.41 Å². The van der Waals surface area contributed by atoms with Gasteiger partial charge in [-0.05, 0) is 62.7 Å². The number of rotatable bonds is 6. The van der Waals surface area contributed by atoms with E-state index in [-0.39, 0.29) is 0 Å². The molecule has 0 fully saturated rings. The van der Waals surface area contributed by atoms with Gasteiger partial charge in [0.2, 0.25) is 0 Å². The summed E-state index contributed by atoms with van der Waals surface area (Å²) < 4.78 is 0. The summed E-state index contributed by atoms with van der Waals surface area (Å²) >= 11 is 0. The fourth-order valence-corrected chi connectivity index (χ4v) is 7.76. The minimum Gasteiger partial charge on any atom is -0.228 e. The third kappa shape index (κ3) is 5.05. The van der Waals surface area contributed by atoms with E-state index in [1.165, 1.54) is 33.4 Å². The van der Waals surface area contributed by atoms with Crippen LogP contribution in [0.5, 0.6) is 0 Å². The zero-order chi connectivity index (χ0) is 34.2. The molecule has 8 aromatic rings. The van der Waals surface area contributed by atoms with E-state index in [2.05, 4.69) is 152 Å². The van der Waals surface area contributed by atoms with Crippen molar-refractivity contribution in [3.63, 3.8) is 0 Å². The number of hydrogen-bond acceptors (Lipinski definition) is 3. The maximum atomic E-state index is 9.43. The normalized spacial score (nSPS) is 12.5. The fraction of sp³-hybridized carbons (Fsp3) is 0.0208. The Morgan fingerprint density at radius 2 is 0.961 bits per heavy atom. The van der Waals surface area contributed by atoms with Gasteiger partial charge in [-0.15, -0.1) is 0 Å². The lowest BCUT2D eigenvalue weighted by atomic mass is 9.67. The molecule has 1 aliphatic rings. The Hall–Kier alpha value is -6.89. The van der Waals surface area contributed by atoms with Gasteiger partial charge in [-0.3, -0.25) is 0 Å². The van der Waals surface area contributed by atoms with E-state index in [4.69, 9.17) is 9.97 Å². The van der Waals surface area contributed by atoms with Crippen molar-refractivity contribution in [1.82, 2.24) is 9.97 Å². The van der Waals surface area contributed by atoms with Gasteiger partial charge >= 0.3 is 0 Å². The molecular formula is C48H31N3. The lowest BCUT2D eigenvalue weighted by Gasteiger charge is -2.33. The van der Waals surface area contributed by atoms with Crippen molar-refractivity contribution in [2.75, 3.05) is 0 Å². The van der Waals surface area contributed by atoms with Gasteiger partial charge in [0.25, 0.3) is 0 Å². The number of nitrogens with zero attached hydrogens (tertiary/aromatic N) is 3. The summed E-state index contributed by atoms with van der Waals surface area (Å²) in [5.74, 6) is 0.676. The topological polar surface area (TPSA) is 49.6 Å². The highest BCUT2D eigenvalue weighted by Crippen LogP contribution is 2.58. The molecule has 0 amide bonds. The highest BCUT2D eigenvalue weighted by atomic mass is 14.9. The van der Waals surface area contributed by atoms with Crippen molar-refractivity contribution in [1.29, 1.82) is 5.26 Å². The Balaban J connectivity index is 1.27. The van der Waals surface area contributed by atoms with Gasteiger partial charge in [0.15, 0.2) is 5.82 Å². The van der Waals surface area contributed by atoms with Crippen LogP contribution in [0.2, 0.25) is 0 Å². The van der Waals surface area contributed by atoms with E-state index in [0.29, 0.717) is 11.4 Å². The molecule has 0 unspecified atom stereocenters. The number of hydrogen-bond donors (Lipinski definition) is 0. The van der Waals surface area contributed by atoms with E-state index in [1.807, 2.05) is 42.5 Å². The molecule has 9 rings (SSSR count). The molecule has 0 spiro atoms. The average molecular weight is 650 g/mol. The van der Waals surface area contributed by atoms with Crippen molar-refractivity contribution in [3.8, 4) is 62.2 Å². The van der Waals surface area contributed by atoms with E-state index < -0.39 is 5.41 Å². The lowest BCUT2D eigenvalue weighted by molar-refractivity contribution is 0.768. The Bertz CT molecular complexity index is 2530.